The van der Waals surface area contributed by atoms with Crippen LogP contribution in [-0.4, -0.2) is 22.6 Å². The van der Waals surface area contributed by atoms with Gasteiger partial charge in [-0.25, -0.2) is 0 Å². The van der Waals surface area contributed by atoms with E-state index in [-0.39, 0.29) is 11.9 Å². The van der Waals surface area contributed by atoms with E-state index in [4.69, 9.17) is 4.42 Å². The maximum atomic E-state index is 12.2. The molecule has 0 saturated carbocycles. The monoisotopic (exact) mass is 288 g/mol. The number of aryl methyl sites for hydroxylation is 2. The van der Waals surface area contributed by atoms with Crippen molar-refractivity contribution in [2.75, 3.05) is 11.9 Å². The number of aromatic nitrogens is 2. The van der Waals surface area contributed by atoms with E-state index < -0.39 is 0 Å². The van der Waals surface area contributed by atoms with Crippen LogP contribution in [0.4, 0.5) is 5.82 Å². The summed E-state index contributed by atoms with van der Waals surface area (Å²) < 4.78 is 5.48. The van der Waals surface area contributed by atoms with Crippen LogP contribution < -0.4 is 10.6 Å². The maximum absolute atomic E-state index is 12.2. The molecule has 1 amide bonds. The van der Waals surface area contributed by atoms with E-state index in [1.807, 2.05) is 33.8 Å². The largest absolute Gasteiger partial charge is 0.466 e. The van der Waals surface area contributed by atoms with Gasteiger partial charge in [0.2, 0.25) is 0 Å². The first-order valence-corrected chi connectivity index (χ1v) is 6.96. The molecule has 112 valence electrons. The summed E-state index contributed by atoms with van der Waals surface area (Å²) in [7, 11) is 0. The molecule has 0 aromatic carbocycles. The molecular weight excluding hydrogens is 268 g/mol. The van der Waals surface area contributed by atoms with Crippen LogP contribution in [0.2, 0.25) is 0 Å². The van der Waals surface area contributed by atoms with Gasteiger partial charge in [0, 0.05) is 12.1 Å². The first-order valence-electron chi connectivity index (χ1n) is 6.96. The first kappa shape index (κ1) is 15.0. The highest BCUT2D eigenvalue weighted by Crippen LogP contribution is 2.21. The Morgan fingerprint density at radius 1 is 1.33 bits per heavy atom. The Kier molecular flexibility index (Phi) is 4.57. The van der Waals surface area contributed by atoms with Gasteiger partial charge in [-0.2, -0.15) is 0 Å². The quantitative estimate of drug-likeness (QED) is 0.884. The third-order valence-corrected chi connectivity index (χ3v) is 3.15. The number of anilines is 1. The molecule has 2 aromatic rings. The molecule has 21 heavy (non-hydrogen) atoms. The number of rotatable bonds is 5. The predicted octanol–water partition coefficient (Wildman–Crippen LogP) is 2.61. The SMILES string of the molecule is CCNc1ccc(C(=O)NC(C)c2cc(C)oc2C)nn1. The number of carbonyl (C=O) groups is 1. The van der Waals surface area contributed by atoms with Crippen LogP contribution in [0.1, 0.15) is 47.5 Å². The molecule has 1 atom stereocenters. The number of carbonyl (C=O) groups excluding carboxylic acids is 1. The molecule has 0 saturated heterocycles. The van der Waals surface area contributed by atoms with Gasteiger partial charge in [0.25, 0.3) is 5.91 Å². The Hall–Kier alpha value is -2.37. The Morgan fingerprint density at radius 2 is 2.10 bits per heavy atom. The van der Waals surface area contributed by atoms with Crippen molar-refractivity contribution in [1.82, 2.24) is 15.5 Å². The van der Waals surface area contributed by atoms with Gasteiger partial charge in [-0.15, -0.1) is 10.2 Å². The molecule has 0 radical (unpaired) electrons. The van der Waals surface area contributed by atoms with Crippen LogP contribution in [0.3, 0.4) is 0 Å². The van der Waals surface area contributed by atoms with Crippen molar-refractivity contribution in [2.24, 2.45) is 0 Å². The smallest absolute Gasteiger partial charge is 0.272 e. The van der Waals surface area contributed by atoms with Crippen LogP contribution in [0.5, 0.6) is 0 Å². The van der Waals surface area contributed by atoms with Gasteiger partial charge >= 0.3 is 0 Å². The van der Waals surface area contributed by atoms with Crippen LogP contribution >= 0.6 is 0 Å². The second-order valence-electron chi connectivity index (χ2n) is 4.90. The number of furan rings is 1. The van der Waals surface area contributed by atoms with Gasteiger partial charge in [-0.1, -0.05) is 0 Å². The Bertz CT molecular complexity index is 619. The van der Waals surface area contributed by atoms with Crippen molar-refractivity contribution in [3.63, 3.8) is 0 Å². The molecule has 0 aliphatic heterocycles. The summed E-state index contributed by atoms with van der Waals surface area (Å²) >= 11 is 0. The maximum Gasteiger partial charge on any atom is 0.272 e. The van der Waals surface area contributed by atoms with E-state index in [0.29, 0.717) is 11.5 Å². The average Bonchev–Trinajstić information content (AvgIpc) is 2.79. The third kappa shape index (κ3) is 3.59. The fraction of sp³-hybridized carbons (Fsp3) is 0.400. The van der Waals surface area contributed by atoms with Crippen molar-refractivity contribution in [1.29, 1.82) is 0 Å². The Balaban J connectivity index is 2.05. The molecule has 1 unspecified atom stereocenters. The Labute approximate surface area is 124 Å². The molecule has 2 rings (SSSR count). The molecule has 2 heterocycles. The fourth-order valence-corrected chi connectivity index (χ4v) is 2.16. The van der Waals surface area contributed by atoms with Crippen LogP contribution in [0.25, 0.3) is 0 Å². The number of hydrogen-bond acceptors (Lipinski definition) is 5. The average molecular weight is 288 g/mol. The lowest BCUT2D eigenvalue weighted by Crippen LogP contribution is -2.27. The van der Waals surface area contributed by atoms with E-state index in [9.17, 15) is 4.79 Å². The summed E-state index contributed by atoms with van der Waals surface area (Å²) in [5, 5.41) is 13.8. The van der Waals surface area contributed by atoms with E-state index >= 15 is 0 Å². The van der Waals surface area contributed by atoms with Gasteiger partial charge in [0.15, 0.2) is 5.69 Å². The number of amides is 1. The van der Waals surface area contributed by atoms with Crippen molar-refractivity contribution >= 4 is 11.7 Å². The minimum Gasteiger partial charge on any atom is -0.466 e. The first-order chi connectivity index (χ1) is 10.0. The molecule has 0 aliphatic carbocycles. The molecule has 0 fully saturated rings. The molecule has 6 heteroatoms. The van der Waals surface area contributed by atoms with Gasteiger partial charge in [0.1, 0.15) is 17.3 Å². The van der Waals surface area contributed by atoms with Gasteiger partial charge < -0.3 is 15.1 Å². The molecule has 0 spiro atoms. The highest BCUT2D eigenvalue weighted by Gasteiger charge is 2.17. The number of nitrogens with zero attached hydrogens (tertiary/aromatic N) is 2. The topological polar surface area (TPSA) is 80.0 Å². The summed E-state index contributed by atoms with van der Waals surface area (Å²) in [5.41, 5.74) is 1.26. The molecular formula is C15H20N4O2. The Morgan fingerprint density at radius 3 is 2.62 bits per heavy atom. The number of nitrogens with one attached hydrogen (secondary N) is 2. The van der Waals surface area contributed by atoms with E-state index in [0.717, 1.165) is 23.6 Å². The van der Waals surface area contributed by atoms with Crippen LogP contribution in [0, 0.1) is 13.8 Å². The van der Waals surface area contributed by atoms with Crippen molar-refractivity contribution in [2.45, 2.75) is 33.7 Å². The molecule has 0 bridgehead atoms. The van der Waals surface area contributed by atoms with Crippen molar-refractivity contribution in [3.8, 4) is 0 Å². The van der Waals surface area contributed by atoms with E-state index in [1.165, 1.54) is 0 Å². The lowest BCUT2D eigenvalue weighted by atomic mass is 10.1. The third-order valence-electron chi connectivity index (χ3n) is 3.15. The van der Waals surface area contributed by atoms with Crippen LogP contribution in [0.15, 0.2) is 22.6 Å². The molecule has 6 nitrogen and oxygen atoms in total. The number of hydrogen-bond donors (Lipinski definition) is 2. The second-order valence-corrected chi connectivity index (χ2v) is 4.90. The minimum atomic E-state index is -0.253. The highest BCUT2D eigenvalue weighted by atomic mass is 16.3. The van der Waals surface area contributed by atoms with E-state index in [2.05, 4.69) is 20.8 Å². The second kappa shape index (κ2) is 6.39. The van der Waals surface area contributed by atoms with Gasteiger partial charge in [0.05, 0.1) is 6.04 Å². The molecule has 0 aliphatic rings. The normalized spacial score (nSPS) is 12.0. The zero-order valence-electron chi connectivity index (χ0n) is 12.7. The van der Waals surface area contributed by atoms with Crippen molar-refractivity contribution in [3.05, 3.63) is 41.0 Å². The van der Waals surface area contributed by atoms with Gasteiger partial charge in [-0.3, -0.25) is 4.79 Å². The summed E-state index contributed by atoms with van der Waals surface area (Å²) in [5.74, 6) is 2.05. The van der Waals surface area contributed by atoms with E-state index in [1.54, 1.807) is 12.1 Å². The zero-order chi connectivity index (χ0) is 15.4. The van der Waals surface area contributed by atoms with Crippen LogP contribution in [-0.2, 0) is 0 Å². The predicted molar refractivity (Wildman–Crippen MR) is 80.3 cm³/mol. The van der Waals surface area contributed by atoms with Crippen molar-refractivity contribution < 1.29 is 9.21 Å². The zero-order valence-corrected chi connectivity index (χ0v) is 12.7. The molecule has 2 aromatic heterocycles. The standard InChI is InChI=1S/C15H20N4O2/c1-5-16-14-7-6-13(18-19-14)15(20)17-10(3)12-8-9(2)21-11(12)4/h6-8,10H,5H2,1-4H3,(H,16,19)(H,17,20). The minimum absolute atomic E-state index is 0.148. The summed E-state index contributed by atoms with van der Waals surface area (Å²) in [6, 6.07) is 5.18. The molecule has 2 N–H and O–H groups in total. The summed E-state index contributed by atoms with van der Waals surface area (Å²) in [4.78, 5) is 12.2. The summed E-state index contributed by atoms with van der Waals surface area (Å²) in [6.45, 7) is 8.41. The highest BCUT2D eigenvalue weighted by molar-refractivity contribution is 5.92. The van der Waals surface area contributed by atoms with Gasteiger partial charge in [-0.05, 0) is 45.9 Å². The summed E-state index contributed by atoms with van der Waals surface area (Å²) in [6.07, 6.45) is 0. The lowest BCUT2D eigenvalue weighted by Gasteiger charge is -2.12. The lowest BCUT2D eigenvalue weighted by molar-refractivity contribution is 0.0933. The fourth-order valence-electron chi connectivity index (χ4n) is 2.16.